The number of rotatable bonds is 6. The highest BCUT2D eigenvalue weighted by atomic mass is 32.2. The van der Waals surface area contributed by atoms with E-state index in [2.05, 4.69) is 5.32 Å². The minimum Gasteiger partial charge on any atom is -0.351 e. The average molecular weight is 530 g/mol. The molecule has 10 heteroatoms. The van der Waals surface area contributed by atoms with Gasteiger partial charge in [-0.15, -0.1) is 0 Å². The number of sulfonamides is 1. The normalized spacial score (nSPS) is 23.2. The number of primary amides is 1. The van der Waals surface area contributed by atoms with Gasteiger partial charge >= 0.3 is 6.03 Å². The summed E-state index contributed by atoms with van der Waals surface area (Å²) < 4.78 is 28.0. The minimum atomic E-state index is -3.49. The van der Waals surface area contributed by atoms with E-state index in [4.69, 9.17) is 10.7 Å². The molecule has 1 aromatic rings. The van der Waals surface area contributed by atoms with Crippen molar-refractivity contribution in [1.82, 2.24) is 9.62 Å². The zero-order valence-electron chi connectivity index (χ0n) is 22.2. The van der Waals surface area contributed by atoms with Crippen LogP contribution in [0.3, 0.4) is 0 Å². The van der Waals surface area contributed by atoms with Gasteiger partial charge in [0.2, 0.25) is 10.0 Å². The molecule has 1 aromatic carbocycles. The van der Waals surface area contributed by atoms with Crippen LogP contribution in [0, 0.1) is 25.2 Å². The van der Waals surface area contributed by atoms with Crippen molar-refractivity contribution in [2.45, 2.75) is 77.2 Å². The number of urea groups is 1. The van der Waals surface area contributed by atoms with E-state index in [9.17, 15) is 18.0 Å². The van der Waals surface area contributed by atoms with E-state index in [0.717, 1.165) is 35.4 Å². The lowest BCUT2D eigenvalue weighted by Gasteiger charge is -2.35. The number of piperidine rings is 1. The molecular formula is C27H39N5O4S. The fourth-order valence-corrected chi connectivity index (χ4v) is 7.89. The van der Waals surface area contributed by atoms with Gasteiger partial charge < -0.3 is 11.1 Å². The summed E-state index contributed by atoms with van der Waals surface area (Å²) in [5.41, 5.74) is 8.66. The molecule has 0 atom stereocenters. The van der Waals surface area contributed by atoms with E-state index in [1.807, 2.05) is 26.0 Å². The topological polar surface area (TPSA) is 125 Å². The number of benzene rings is 1. The Labute approximate surface area is 219 Å². The number of carbonyl (C=O) groups excluding carboxylic acids is 2. The highest BCUT2D eigenvalue weighted by Crippen LogP contribution is 2.57. The SMILES string of the molecule is Cc1cc(N(C)C(N)=O)cc(C)c1CCS(=O)(=O)N1CCC2(CC1)N=C(C1CCC3(CC1)CC3)NC2=O. The van der Waals surface area contributed by atoms with Gasteiger partial charge in [-0.05, 0) is 106 Å². The zero-order valence-corrected chi connectivity index (χ0v) is 23.0. The smallest absolute Gasteiger partial charge is 0.318 e. The van der Waals surface area contributed by atoms with E-state index < -0.39 is 21.6 Å². The Kier molecular flexibility index (Phi) is 6.63. The summed E-state index contributed by atoms with van der Waals surface area (Å²) >= 11 is 0. The van der Waals surface area contributed by atoms with Crippen molar-refractivity contribution in [3.63, 3.8) is 0 Å². The molecule has 202 valence electrons. The number of carbonyl (C=O) groups is 2. The van der Waals surface area contributed by atoms with Crippen LogP contribution >= 0.6 is 0 Å². The van der Waals surface area contributed by atoms with Crippen molar-refractivity contribution in [3.05, 3.63) is 28.8 Å². The van der Waals surface area contributed by atoms with Crippen molar-refractivity contribution in [3.8, 4) is 0 Å². The Morgan fingerprint density at radius 2 is 1.70 bits per heavy atom. The first-order valence-electron chi connectivity index (χ1n) is 13.5. The lowest BCUT2D eigenvalue weighted by molar-refractivity contribution is -0.125. The Morgan fingerprint density at radius 3 is 2.24 bits per heavy atom. The summed E-state index contributed by atoms with van der Waals surface area (Å²) in [5.74, 6) is 1.11. The maximum absolute atomic E-state index is 13.2. The molecule has 2 heterocycles. The molecule has 2 spiro atoms. The molecule has 2 saturated carbocycles. The number of aliphatic imine (C=N–C) groups is 1. The van der Waals surface area contributed by atoms with Crippen molar-refractivity contribution in [2.24, 2.45) is 22.1 Å². The van der Waals surface area contributed by atoms with Crippen LogP contribution < -0.4 is 16.0 Å². The predicted molar refractivity (Wildman–Crippen MR) is 144 cm³/mol. The number of anilines is 1. The number of nitrogens with zero attached hydrogens (tertiary/aromatic N) is 3. The van der Waals surface area contributed by atoms with Gasteiger partial charge in [0.15, 0.2) is 0 Å². The second-order valence-corrected chi connectivity index (χ2v) is 13.8. The van der Waals surface area contributed by atoms with Crippen molar-refractivity contribution in [2.75, 3.05) is 30.8 Å². The Morgan fingerprint density at radius 1 is 1.11 bits per heavy atom. The minimum absolute atomic E-state index is 0.00275. The van der Waals surface area contributed by atoms with E-state index >= 15 is 0 Å². The fourth-order valence-electron chi connectivity index (χ4n) is 6.43. The Bertz CT molecular complexity index is 1210. The maximum atomic E-state index is 13.2. The number of amidine groups is 1. The molecule has 1 saturated heterocycles. The largest absolute Gasteiger partial charge is 0.351 e. The highest BCUT2D eigenvalue weighted by Gasteiger charge is 2.50. The van der Waals surface area contributed by atoms with Crippen LogP contribution in [-0.4, -0.2) is 61.9 Å². The summed E-state index contributed by atoms with van der Waals surface area (Å²) in [6.07, 6.45) is 8.57. The summed E-state index contributed by atoms with van der Waals surface area (Å²) in [4.78, 5) is 30.8. The summed E-state index contributed by atoms with van der Waals surface area (Å²) in [6.45, 7) is 4.45. The summed E-state index contributed by atoms with van der Waals surface area (Å²) in [7, 11) is -1.88. The van der Waals surface area contributed by atoms with Crippen LogP contribution in [0.1, 0.15) is 68.1 Å². The summed E-state index contributed by atoms with van der Waals surface area (Å²) in [6, 6.07) is 3.17. The number of aryl methyl sites for hydroxylation is 2. The monoisotopic (exact) mass is 529 g/mol. The molecule has 3 amide bonds. The van der Waals surface area contributed by atoms with Gasteiger partial charge in [-0.1, -0.05) is 0 Å². The van der Waals surface area contributed by atoms with Crippen molar-refractivity contribution in [1.29, 1.82) is 0 Å². The molecule has 2 aliphatic heterocycles. The molecule has 4 aliphatic rings. The quantitative estimate of drug-likeness (QED) is 0.588. The van der Waals surface area contributed by atoms with Gasteiger partial charge in [0.25, 0.3) is 5.91 Å². The predicted octanol–water partition coefficient (Wildman–Crippen LogP) is 3.02. The number of hydrogen-bond acceptors (Lipinski definition) is 5. The lowest BCUT2D eigenvalue weighted by Crippen LogP contribution is -2.51. The highest BCUT2D eigenvalue weighted by molar-refractivity contribution is 7.89. The molecule has 2 aliphatic carbocycles. The maximum Gasteiger partial charge on any atom is 0.318 e. The second-order valence-electron chi connectivity index (χ2n) is 11.7. The van der Waals surface area contributed by atoms with Crippen LogP contribution in [0.5, 0.6) is 0 Å². The number of amides is 3. The van der Waals surface area contributed by atoms with Crippen LogP contribution in [0.15, 0.2) is 17.1 Å². The summed E-state index contributed by atoms with van der Waals surface area (Å²) in [5, 5.41) is 3.07. The molecule has 37 heavy (non-hydrogen) atoms. The van der Waals surface area contributed by atoms with Gasteiger partial charge in [-0.3, -0.25) is 14.7 Å². The molecule has 5 rings (SSSR count). The Hall–Kier alpha value is -2.46. The van der Waals surface area contributed by atoms with Crippen LogP contribution in [-0.2, 0) is 21.2 Å². The molecular weight excluding hydrogens is 490 g/mol. The molecule has 0 radical (unpaired) electrons. The van der Waals surface area contributed by atoms with Gasteiger partial charge in [0.1, 0.15) is 11.4 Å². The van der Waals surface area contributed by atoms with Gasteiger partial charge in [0, 0.05) is 31.7 Å². The Balaban J connectivity index is 1.20. The first kappa shape index (κ1) is 26.2. The van der Waals surface area contributed by atoms with Gasteiger partial charge in [0.05, 0.1) is 5.75 Å². The molecule has 3 N–H and O–H groups in total. The second kappa shape index (κ2) is 9.38. The first-order valence-corrected chi connectivity index (χ1v) is 15.1. The fraction of sp³-hybridized carbons (Fsp3) is 0.667. The molecule has 9 nitrogen and oxygen atoms in total. The standard InChI is InChI=1S/C27H39N5O4S/c1-18-16-21(31(3)25(28)34)17-19(2)22(18)6-15-37(35,36)32-13-11-27(12-14-32)24(33)29-23(30-27)20-4-7-26(8-5-20)9-10-26/h16-17,20H,4-15H2,1-3H3,(H2,28,34)(H,29,30,33). The van der Waals surface area contributed by atoms with E-state index in [1.54, 1.807) is 7.05 Å². The molecule has 3 fully saturated rings. The lowest BCUT2D eigenvalue weighted by atomic mass is 9.79. The number of hydrogen-bond donors (Lipinski definition) is 2. The van der Waals surface area contributed by atoms with Gasteiger partial charge in [-0.2, -0.15) is 0 Å². The molecule has 0 bridgehead atoms. The average Bonchev–Trinajstić information content (AvgIpc) is 3.53. The number of nitrogens with one attached hydrogen (secondary N) is 1. The molecule has 0 unspecified atom stereocenters. The van der Waals surface area contributed by atoms with Crippen LogP contribution in [0.2, 0.25) is 0 Å². The van der Waals surface area contributed by atoms with E-state index in [0.29, 0.717) is 49.4 Å². The van der Waals surface area contributed by atoms with E-state index in [1.165, 1.54) is 34.9 Å². The van der Waals surface area contributed by atoms with Crippen molar-refractivity contribution < 1.29 is 18.0 Å². The number of nitrogens with two attached hydrogens (primary N) is 1. The van der Waals surface area contributed by atoms with Crippen molar-refractivity contribution >= 4 is 33.5 Å². The third kappa shape index (κ3) is 5.02. The van der Waals surface area contributed by atoms with E-state index in [-0.39, 0.29) is 11.7 Å². The van der Waals surface area contributed by atoms with Crippen LogP contribution in [0.25, 0.3) is 0 Å². The molecule has 0 aromatic heterocycles. The van der Waals surface area contributed by atoms with Crippen LogP contribution in [0.4, 0.5) is 10.5 Å². The van der Waals surface area contributed by atoms with Gasteiger partial charge in [-0.25, -0.2) is 17.5 Å². The first-order chi connectivity index (χ1) is 17.4. The zero-order chi connectivity index (χ0) is 26.6. The third-order valence-corrected chi connectivity index (χ3v) is 11.2. The third-order valence-electron chi connectivity index (χ3n) is 9.34.